The molecule has 3 fully saturated rings. The molecule has 0 unspecified atom stereocenters. The van der Waals surface area contributed by atoms with E-state index in [-0.39, 0.29) is 0 Å². The number of Topliss-reactive ketones (excluding diaryl/α,β-unsaturated/α-hetero) is 1. The summed E-state index contributed by atoms with van der Waals surface area (Å²) < 4.78 is 5.73. The average Bonchev–Trinajstić information content (AvgIpc) is 2.42. The van der Waals surface area contributed by atoms with Crippen LogP contribution in [0, 0.1) is 11.8 Å². The number of fused-ring (bicyclic) bond motifs is 6. The Hall–Kier alpha value is -0.370. The predicted molar refractivity (Wildman–Crippen MR) is 39.1 cm³/mol. The Bertz CT molecular complexity index is 192. The van der Waals surface area contributed by atoms with E-state index in [2.05, 4.69) is 0 Å². The molecule has 4 bridgehead atoms. The molecule has 2 nitrogen and oxygen atoms in total. The quantitative estimate of drug-likeness (QED) is 0.520. The molecule has 60 valence electrons. The molecular weight excluding hydrogens is 140 g/mol. The van der Waals surface area contributed by atoms with Crippen LogP contribution in [-0.2, 0) is 9.53 Å². The summed E-state index contributed by atoms with van der Waals surface area (Å²) in [7, 11) is 0. The van der Waals surface area contributed by atoms with Crippen molar-refractivity contribution >= 4 is 5.78 Å². The number of carbonyl (C=O) groups is 1. The van der Waals surface area contributed by atoms with Gasteiger partial charge in [0.2, 0.25) is 0 Å². The maximum Gasteiger partial charge on any atom is 0.144 e. The summed E-state index contributed by atoms with van der Waals surface area (Å²) in [6, 6.07) is 0. The molecule has 4 atom stereocenters. The zero-order chi connectivity index (χ0) is 7.42. The van der Waals surface area contributed by atoms with Crippen molar-refractivity contribution < 1.29 is 9.53 Å². The number of hydrogen-bond donors (Lipinski definition) is 0. The molecule has 11 heavy (non-hydrogen) atoms. The Kier molecular flexibility index (Phi) is 1.05. The molecule has 0 amide bonds. The van der Waals surface area contributed by atoms with Crippen LogP contribution in [0.5, 0.6) is 0 Å². The van der Waals surface area contributed by atoms with Crippen LogP contribution in [0.1, 0.15) is 25.7 Å². The van der Waals surface area contributed by atoms with E-state index in [0.717, 1.165) is 25.7 Å². The standard InChI is InChI=1S/C9H12O2/c10-9-5-1-2-6(9)8-4-3-7(5)11-8/h5-8H,1-4H2/t5-,6-,7-,8+/m1/s1. The maximum atomic E-state index is 11.6. The summed E-state index contributed by atoms with van der Waals surface area (Å²) in [5, 5.41) is 0. The van der Waals surface area contributed by atoms with E-state index in [9.17, 15) is 4.79 Å². The van der Waals surface area contributed by atoms with Crippen LogP contribution in [0.4, 0.5) is 0 Å². The van der Waals surface area contributed by atoms with E-state index < -0.39 is 0 Å². The maximum absolute atomic E-state index is 11.6. The molecule has 0 N–H and O–H groups in total. The van der Waals surface area contributed by atoms with E-state index in [1.807, 2.05) is 0 Å². The van der Waals surface area contributed by atoms with Crippen molar-refractivity contribution in [2.24, 2.45) is 11.8 Å². The molecule has 0 aromatic carbocycles. The van der Waals surface area contributed by atoms with Crippen molar-refractivity contribution in [1.82, 2.24) is 0 Å². The summed E-state index contributed by atoms with van der Waals surface area (Å²) in [5.74, 6) is 1.10. The molecule has 2 heteroatoms. The normalized spacial score (nSPS) is 53.6. The van der Waals surface area contributed by atoms with Gasteiger partial charge < -0.3 is 4.74 Å². The van der Waals surface area contributed by atoms with Gasteiger partial charge in [-0.3, -0.25) is 4.79 Å². The number of hydrogen-bond acceptors (Lipinski definition) is 2. The van der Waals surface area contributed by atoms with E-state index in [0.29, 0.717) is 29.8 Å². The van der Waals surface area contributed by atoms with E-state index >= 15 is 0 Å². The molecule has 1 aliphatic carbocycles. The van der Waals surface area contributed by atoms with Crippen molar-refractivity contribution in [2.75, 3.05) is 0 Å². The van der Waals surface area contributed by atoms with Gasteiger partial charge in [0, 0.05) is 11.8 Å². The highest BCUT2D eigenvalue weighted by Gasteiger charge is 2.52. The molecule has 0 aromatic rings. The molecule has 2 aliphatic heterocycles. The fourth-order valence-electron chi connectivity index (χ4n) is 2.94. The molecule has 2 saturated heterocycles. The molecule has 2 heterocycles. The van der Waals surface area contributed by atoms with Crippen LogP contribution in [-0.4, -0.2) is 18.0 Å². The highest BCUT2D eigenvalue weighted by atomic mass is 16.5. The van der Waals surface area contributed by atoms with Gasteiger partial charge in [-0.1, -0.05) is 0 Å². The zero-order valence-corrected chi connectivity index (χ0v) is 6.45. The fourth-order valence-corrected chi connectivity index (χ4v) is 2.94. The second-order valence-electron chi connectivity index (χ2n) is 3.98. The smallest absolute Gasteiger partial charge is 0.144 e. The van der Waals surface area contributed by atoms with Gasteiger partial charge in [0.25, 0.3) is 0 Å². The third-order valence-electron chi connectivity index (χ3n) is 3.50. The topological polar surface area (TPSA) is 26.3 Å². The van der Waals surface area contributed by atoms with Crippen LogP contribution in [0.2, 0.25) is 0 Å². The Morgan fingerprint density at radius 2 is 1.55 bits per heavy atom. The van der Waals surface area contributed by atoms with E-state index in [1.165, 1.54) is 0 Å². The van der Waals surface area contributed by atoms with E-state index in [4.69, 9.17) is 4.74 Å². The van der Waals surface area contributed by atoms with Crippen molar-refractivity contribution in [1.29, 1.82) is 0 Å². The lowest BCUT2D eigenvalue weighted by atomic mass is 9.96. The lowest BCUT2D eigenvalue weighted by Crippen LogP contribution is -2.36. The van der Waals surface area contributed by atoms with Gasteiger partial charge in [-0.25, -0.2) is 0 Å². The Labute approximate surface area is 65.9 Å². The van der Waals surface area contributed by atoms with Gasteiger partial charge in [0.1, 0.15) is 5.78 Å². The van der Waals surface area contributed by atoms with Gasteiger partial charge in [0.05, 0.1) is 12.2 Å². The molecule has 1 saturated carbocycles. The Balaban J connectivity index is 2.03. The van der Waals surface area contributed by atoms with Crippen molar-refractivity contribution in [3.8, 4) is 0 Å². The lowest BCUT2D eigenvalue weighted by Gasteiger charge is -2.25. The molecule has 3 rings (SSSR count). The number of rotatable bonds is 0. The second-order valence-corrected chi connectivity index (χ2v) is 3.98. The van der Waals surface area contributed by atoms with Gasteiger partial charge in [0.15, 0.2) is 0 Å². The van der Waals surface area contributed by atoms with Gasteiger partial charge in [-0.2, -0.15) is 0 Å². The predicted octanol–water partition coefficient (Wildman–Crippen LogP) is 1.14. The summed E-state index contributed by atoms with van der Waals surface area (Å²) in [4.78, 5) is 11.6. The van der Waals surface area contributed by atoms with Gasteiger partial charge >= 0.3 is 0 Å². The molecule has 0 spiro atoms. The largest absolute Gasteiger partial charge is 0.373 e. The van der Waals surface area contributed by atoms with Gasteiger partial charge in [-0.05, 0) is 25.7 Å². The average molecular weight is 152 g/mol. The van der Waals surface area contributed by atoms with Crippen molar-refractivity contribution in [3.05, 3.63) is 0 Å². The van der Waals surface area contributed by atoms with Crippen LogP contribution >= 0.6 is 0 Å². The third-order valence-corrected chi connectivity index (χ3v) is 3.50. The first-order valence-electron chi connectivity index (χ1n) is 4.55. The van der Waals surface area contributed by atoms with Crippen LogP contribution in [0.25, 0.3) is 0 Å². The first kappa shape index (κ1) is 6.18. The summed E-state index contributed by atoms with van der Waals surface area (Å²) in [5.41, 5.74) is 0. The second kappa shape index (κ2) is 1.86. The molecular formula is C9H12O2. The van der Waals surface area contributed by atoms with Gasteiger partial charge in [-0.15, -0.1) is 0 Å². The first-order valence-corrected chi connectivity index (χ1v) is 4.55. The first-order chi connectivity index (χ1) is 5.36. The van der Waals surface area contributed by atoms with Crippen molar-refractivity contribution in [2.45, 2.75) is 37.9 Å². The highest BCUT2D eigenvalue weighted by Crippen LogP contribution is 2.46. The van der Waals surface area contributed by atoms with Crippen LogP contribution in [0.15, 0.2) is 0 Å². The number of ketones is 1. The summed E-state index contributed by atoms with van der Waals surface area (Å²) in [6.07, 6.45) is 5.10. The Morgan fingerprint density at radius 3 is 2.09 bits per heavy atom. The fraction of sp³-hybridized carbons (Fsp3) is 0.889. The minimum Gasteiger partial charge on any atom is -0.373 e. The molecule has 0 radical (unpaired) electrons. The van der Waals surface area contributed by atoms with E-state index in [1.54, 1.807) is 0 Å². The number of carbonyl (C=O) groups excluding carboxylic acids is 1. The Morgan fingerprint density at radius 1 is 1.00 bits per heavy atom. The molecule has 3 aliphatic rings. The van der Waals surface area contributed by atoms with Crippen LogP contribution < -0.4 is 0 Å². The van der Waals surface area contributed by atoms with Crippen LogP contribution in [0.3, 0.4) is 0 Å². The zero-order valence-electron chi connectivity index (χ0n) is 6.45. The third kappa shape index (κ3) is 0.639. The molecule has 0 aromatic heterocycles. The SMILES string of the molecule is O=C1[C@@H]2CC[C@@H]1[C@H]1CC[C@@H]2O1. The van der Waals surface area contributed by atoms with Crippen molar-refractivity contribution in [3.63, 3.8) is 0 Å². The minimum atomic E-state index is 0.291. The summed E-state index contributed by atoms with van der Waals surface area (Å²) >= 11 is 0. The minimum absolute atomic E-state index is 0.291. The highest BCUT2D eigenvalue weighted by molar-refractivity contribution is 5.87. The number of ether oxygens (including phenoxy) is 1. The monoisotopic (exact) mass is 152 g/mol. The summed E-state index contributed by atoms with van der Waals surface area (Å²) in [6.45, 7) is 0. The lowest BCUT2D eigenvalue weighted by molar-refractivity contribution is -0.140.